The number of likely N-dealkylation sites (N-methyl/N-ethyl adjacent to an activating group) is 1. The Hall–Kier alpha value is -2.49. The summed E-state index contributed by atoms with van der Waals surface area (Å²) in [5, 5.41) is 3.28. The Morgan fingerprint density at radius 3 is 2.52 bits per heavy atom. The second-order valence-corrected chi connectivity index (χ2v) is 6.16. The second kappa shape index (κ2) is 13.6. The highest BCUT2D eigenvalue weighted by Gasteiger charge is 2.06. The Kier molecular flexibility index (Phi) is 11.6. The molecule has 0 fully saturated rings. The van der Waals surface area contributed by atoms with Gasteiger partial charge in [-0.3, -0.25) is 4.79 Å². The minimum Gasteiger partial charge on any atom is -0.492 e. The van der Waals surface area contributed by atoms with Gasteiger partial charge in [-0.2, -0.15) is 0 Å². The molecule has 0 spiro atoms. The summed E-state index contributed by atoms with van der Waals surface area (Å²) in [5.41, 5.74) is 6.09. The van der Waals surface area contributed by atoms with E-state index in [1.54, 1.807) is 6.07 Å². The Balaban J connectivity index is 0.00000420. The molecule has 0 bridgehead atoms. The van der Waals surface area contributed by atoms with E-state index in [1.165, 1.54) is 0 Å². The van der Waals surface area contributed by atoms with Crippen LogP contribution in [0.25, 0.3) is 0 Å². The molecule has 3 N–H and O–H groups in total. The summed E-state index contributed by atoms with van der Waals surface area (Å²) in [6.07, 6.45) is 0. The lowest BCUT2D eigenvalue weighted by Gasteiger charge is -2.22. The number of carbonyl (C=O) groups excluding carboxylic acids is 1. The fraction of sp³-hybridized carbons (Fsp3) is 0.333. The van der Waals surface area contributed by atoms with Crippen molar-refractivity contribution in [2.24, 2.45) is 10.7 Å². The smallest absolute Gasteiger partial charge is 0.255 e. The molecule has 0 aliphatic carbocycles. The minimum absolute atomic E-state index is 0. The first-order chi connectivity index (χ1) is 13.6. The van der Waals surface area contributed by atoms with Gasteiger partial charge in [-0.05, 0) is 36.8 Å². The number of nitrogens with zero attached hydrogens (tertiary/aromatic N) is 2. The van der Waals surface area contributed by atoms with Crippen LogP contribution in [0.4, 0.5) is 0 Å². The normalized spacial score (nSPS) is 10.6. The molecule has 2 aromatic carbocycles. The van der Waals surface area contributed by atoms with E-state index < -0.39 is 5.91 Å². The lowest BCUT2D eigenvalue weighted by Crippen LogP contribution is -2.40. The Morgan fingerprint density at radius 1 is 1.10 bits per heavy atom. The predicted molar refractivity (Wildman–Crippen MR) is 126 cm³/mol. The molecular formula is C21H29IN4O3. The van der Waals surface area contributed by atoms with Crippen LogP contribution in [0.1, 0.15) is 12.5 Å². The third-order valence-electron chi connectivity index (χ3n) is 3.83. The maximum atomic E-state index is 10.8. The number of amides is 1. The maximum absolute atomic E-state index is 10.8. The number of nitrogens with two attached hydrogens (primary N) is 1. The van der Waals surface area contributed by atoms with Gasteiger partial charge < -0.3 is 25.4 Å². The largest absolute Gasteiger partial charge is 0.492 e. The zero-order valence-electron chi connectivity index (χ0n) is 16.8. The van der Waals surface area contributed by atoms with Crippen molar-refractivity contribution in [2.45, 2.75) is 13.5 Å². The average Bonchev–Trinajstić information content (AvgIpc) is 2.70. The average molecular weight is 512 g/mol. The first kappa shape index (κ1) is 24.5. The lowest BCUT2D eigenvalue weighted by molar-refractivity contribution is -0.119. The SMILES string of the molecule is CCNC(=NCc1cccc(OCC(N)=O)c1)N(C)CCOc1ccccc1.I. The minimum atomic E-state index is -0.503. The number of aliphatic imine (C=N–C) groups is 1. The number of ether oxygens (including phenoxy) is 2. The van der Waals surface area contributed by atoms with E-state index in [2.05, 4.69) is 10.3 Å². The summed E-state index contributed by atoms with van der Waals surface area (Å²) in [6, 6.07) is 17.2. The summed E-state index contributed by atoms with van der Waals surface area (Å²) in [6.45, 7) is 4.40. The summed E-state index contributed by atoms with van der Waals surface area (Å²) in [7, 11) is 1.97. The number of guanidine groups is 1. The van der Waals surface area contributed by atoms with Crippen molar-refractivity contribution >= 4 is 35.8 Å². The van der Waals surface area contributed by atoms with E-state index in [0.717, 1.165) is 23.8 Å². The number of halogens is 1. The molecule has 0 atom stereocenters. The standard InChI is InChI=1S/C21H28N4O3.HI/c1-3-23-21(25(2)12-13-27-18-9-5-4-6-10-18)24-15-17-8-7-11-19(14-17)28-16-20(22)26;/h4-11,14H,3,12-13,15-16H2,1-2H3,(H2,22,26)(H,23,24);1H. The van der Waals surface area contributed by atoms with Crippen LogP contribution in [0.2, 0.25) is 0 Å². The molecule has 0 aliphatic rings. The van der Waals surface area contributed by atoms with Crippen molar-refractivity contribution in [3.63, 3.8) is 0 Å². The zero-order valence-corrected chi connectivity index (χ0v) is 19.2. The number of hydrogen-bond acceptors (Lipinski definition) is 4. The van der Waals surface area contributed by atoms with E-state index in [9.17, 15) is 4.79 Å². The molecule has 0 saturated carbocycles. The number of para-hydroxylation sites is 1. The molecule has 29 heavy (non-hydrogen) atoms. The van der Waals surface area contributed by atoms with Crippen LogP contribution >= 0.6 is 24.0 Å². The van der Waals surface area contributed by atoms with Gasteiger partial charge in [0.2, 0.25) is 0 Å². The number of hydrogen-bond donors (Lipinski definition) is 2. The van der Waals surface area contributed by atoms with Gasteiger partial charge in [0.25, 0.3) is 5.91 Å². The predicted octanol–water partition coefficient (Wildman–Crippen LogP) is 2.65. The fourth-order valence-corrected chi connectivity index (χ4v) is 2.45. The van der Waals surface area contributed by atoms with Crippen LogP contribution in [0, 0.1) is 0 Å². The molecule has 7 nitrogen and oxygen atoms in total. The number of nitrogens with one attached hydrogen (secondary N) is 1. The first-order valence-corrected chi connectivity index (χ1v) is 9.26. The first-order valence-electron chi connectivity index (χ1n) is 9.26. The van der Waals surface area contributed by atoms with E-state index in [-0.39, 0.29) is 30.6 Å². The number of rotatable bonds is 10. The zero-order chi connectivity index (χ0) is 20.2. The fourth-order valence-electron chi connectivity index (χ4n) is 2.45. The molecule has 0 saturated heterocycles. The van der Waals surface area contributed by atoms with Gasteiger partial charge in [-0.15, -0.1) is 24.0 Å². The van der Waals surface area contributed by atoms with Crippen molar-refractivity contribution in [1.29, 1.82) is 0 Å². The van der Waals surface area contributed by atoms with Crippen molar-refractivity contribution in [3.05, 3.63) is 60.2 Å². The van der Waals surface area contributed by atoms with Gasteiger partial charge >= 0.3 is 0 Å². The van der Waals surface area contributed by atoms with Crippen LogP contribution in [-0.2, 0) is 11.3 Å². The summed E-state index contributed by atoms with van der Waals surface area (Å²) in [5.74, 6) is 1.74. The van der Waals surface area contributed by atoms with Gasteiger partial charge in [0.1, 0.15) is 18.1 Å². The molecule has 2 rings (SSSR count). The number of carbonyl (C=O) groups is 1. The molecule has 0 unspecified atom stereocenters. The topological polar surface area (TPSA) is 89.2 Å². The molecule has 2 aromatic rings. The molecule has 1 amide bonds. The summed E-state index contributed by atoms with van der Waals surface area (Å²) >= 11 is 0. The quantitative estimate of drug-likeness (QED) is 0.290. The van der Waals surface area contributed by atoms with Gasteiger partial charge in [-0.1, -0.05) is 30.3 Å². The third kappa shape index (κ3) is 9.51. The number of primary amides is 1. The molecule has 158 valence electrons. The van der Waals surface area contributed by atoms with E-state index in [4.69, 9.17) is 15.2 Å². The van der Waals surface area contributed by atoms with Gasteiger partial charge in [0, 0.05) is 13.6 Å². The van der Waals surface area contributed by atoms with Crippen LogP contribution in [0.5, 0.6) is 11.5 Å². The van der Waals surface area contributed by atoms with Crippen LogP contribution < -0.4 is 20.5 Å². The van der Waals surface area contributed by atoms with Crippen LogP contribution in [0.15, 0.2) is 59.6 Å². The van der Waals surface area contributed by atoms with Gasteiger partial charge in [0.15, 0.2) is 12.6 Å². The monoisotopic (exact) mass is 512 g/mol. The van der Waals surface area contributed by atoms with E-state index >= 15 is 0 Å². The van der Waals surface area contributed by atoms with Crippen molar-refractivity contribution in [2.75, 3.05) is 33.4 Å². The van der Waals surface area contributed by atoms with Crippen LogP contribution in [-0.4, -0.2) is 50.1 Å². The molecule has 0 radical (unpaired) electrons. The van der Waals surface area contributed by atoms with Gasteiger partial charge in [-0.25, -0.2) is 4.99 Å². The molecule has 0 aromatic heterocycles. The summed E-state index contributed by atoms with van der Waals surface area (Å²) in [4.78, 5) is 17.5. The summed E-state index contributed by atoms with van der Waals surface area (Å²) < 4.78 is 11.1. The molecule has 0 heterocycles. The van der Waals surface area contributed by atoms with E-state index in [0.29, 0.717) is 25.4 Å². The molecular weight excluding hydrogens is 483 g/mol. The highest BCUT2D eigenvalue weighted by Crippen LogP contribution is 2.14. The van der Waals surface area contributed by atoms with Crippen molar-refractivity contribution < 1.29 is 14.3 Å². The number of benzene rings is 2. The second-order valence-electron chi connectivity index (χ2n) is 6.16. The maximum Gasteiger partial charge on any atom is 0.255 e. The highest BCUT2D eigenvalue weighted by atomic mass is 127. The Labute approximate surface area is 189 Å². The highest BCUT2D eigenvalue weighted by molar-refractivity contribution is 14.0. The Bertz CT molecular complexity index is 772. The Morgan fingerprint density at radius 2 is 1.83 bits per heavy atom. The molecule has 8 heteroatoms. The van der Waals surface area contributed by atoms with Crippen LogP contribution in [0.3, 0.4) is 0 Å². The van der Waals surface area contributed by atoms with Crippen molar-refractivity contribution in [3.8, 4) is 11.5 Å². The van der Waals surface area contributed by atoms with E-state index in [1.807, 2.05) is 67.4 Å². The lowest BCUT2D eigenvalue weighted by atomic mass is 10.2. The third-order valence-corrected chi connectivity index (χ3v) is 3.83. The van der Waals surface area contributed by atoms with Crippen molar-refractivity contribution in [1.82, 2.24) is 10.2 Å². The van der Waals surface area contributed by atoms with Gasteiger partial charge in [0.05, 0.1) is 13.1 Å². The molecule has 0 aliphatic heterocycles.